The highest BCUT2D eigenvalue weighted by Gasteiger charge is 2.04. The lowest BCUT2D eigenvalue weighted by atomic mass is 10.2. The molecule has 0 bridgehead atoms. The number of hydrogen-bond donors (Lipinski definition) is 2. The lowest BCUT2D eigenvalue weighted by Gasteiger charge is -2.10. The Morgan fingerprint density at radius 2 is 2.05 bits per heavy atom. The van der Waals surface area contributed by atoms with E-state index in [9.17, 15) is 0 Å². The third-order valence-corrected chi connectivity index (χ3v) is 2.63. The number of hydrogen-bond acceptors (Lipinski definition) is 5. The Morgan fingerprint density at radius 3 is 2.80 bits per heavy atom. The average molecular weight is 267 g/mol. The topological polar surface area (TPSA) is 73.6 Å². The van der Waals surface area contributed by atoms with E-state index in [0.29, 0.717) is 23.2 Å². The molecule has 2 N–H and O–H groups in total. The Hall–Kier alpha value is -2.61. The van der Waals surface area contributed by atoms with Crippen LogP contribution in [0.4, 0.5) is 17.5 Å². The highest BCUT2D eigenvalue weighted by atomic mass is 15.1. The van der Waals surface area contributed by atoms with Gasteiger partial charge in [0.25, 0.3) is 0 Å². The van der Waals surface area contributed by atoms with Gasteiger partial charge < -0.3 is 10.6 Å². The Kier molecular flexibility index (Phi) is 4.51. The summed E-state index contributed by atoms with van der Waals surface area (Å²) in [4.78, 5) is 8.54. The maximum absolute atomic E-state index is 9.06. The van der Waals surface area contributed by atoms with Gasteiger partial charge in [-0.1, -0.05) is 26.0 Å². The van der Waals surface area contributed by atoms with Crippen molar-refractivity contribution in [3.8, 4) is 6.07 Å². The molecule has 0 fully saturated rings. The second-order valence-electron chi connectivity index (χ2n) is 4.82. The molecule has 102 valence electrons. The molecule has 0 aliphatic carbocycles. The average Bonchev–Trinajstić information content (AvgIpc) is 2.46. The molecule has 0 spiro atoms. The van der Waals surface area contributed by atoms with E-state index < -0.39 is 0 Å². The summed E-state index contributed by atoms with van der Waals surface area (Å²) in [6, 6.07) is 11.2. The van der Waals surface area contributed by atoms with Gasteiger partial charge in [0, 0.05) is 12.7 Å². The van der Waals surface area contributed by atoms with Crippen LogP contribution >= 0.6 is 0 Å². The second-order valence-corrected chi connectivity index (χ2v) is 4.82. The van der Waals surface area contributed by atoms with Gasteiger partial charge in [0.1, 0.15) is 11.9 Å². The summed E-state index contributed by atoms with van der Waals surface area (Å²) in [6.07, 6.45) is 1.69. The number of nitrogens with one attached hydrogen (secondary N) is 2. The molecule has 2 rings (SSSR count). The highest BCUT2D eigenvalue weighted by molar-refractivity contribution is 5.64. The fourth-order valence-corrected chi connectivity index (χ4v) is 1.64. The van der Waals surface area contributed by atoms with Crippen LogP contribution in [0.1, 0.15) is 19.4 Å². The molecular weight excluding hydrogens is 250 g/mol. The molecule has 1 aromatic heterocycles. The van der Waals surface area contributed by atoms with Crippen LogP contribution in [0.3, 0.4) is 0 Å². The summed E-state index contributed by atoms with van der Waals surface area (Å²) in [7, 11) is 0. The first kappa shape index (κ1) is 13.8. The van der Waals surface area contributed by atoms with Gasteiger partial charge in [-0.2, -0.15) is 10.2 Å². The molecule has 0 aliphatic heterocycles. The normalized spacial score (nSPS) is 10.1. The molecule has 2 aromatic rings. The first-order valence-corrected chi connectivity index (χ1v) is 6.52. The maximum Gasteiger partial charge on any atom is 0.224 e. The van der Waals surface area contributed by atoms with E-state index in [-0.39, 0.29) is 0 Å². The number of nitrogens with zero attached hydrogens (tertiary/aromatic N) is 3. The SMILES string of the molecule is CC(C)CNc1nccc(Nc2ccccc2C#N)n1. The number of para-hydroxylation sites is 1. The van der Waals surface area contributed by atoms with Crippen molar-refractivity contribution in [2.45, 2.75) is 13.8 Å². The van der Waals surface area contributed by atoms with Gasteiger partial charge in [0.05, 0.1) is 11.3 Å². The van der Waals surface area contributed by atoms with Crippen molar-refractivity contribution in [3.63, 3.8) is 0 Å². The van der Waals surface area contributed by atoms with Gasteiger partial charge in [0.2, 0.25) is 5.95 Å². The molecular formula is C15H17N5. The number of benzene rings is 1. The minimum absolute atomic E-state index is 0.523. The van der Waals surface area contributed by atoms with Crippen molar-refractivity contribution in [3.05, 3.63) is 42.1 Å². The quantitative estimate of drug-likeness (QED) is 0.870. The largest absolute Gasteiger partial charge is 0.354 e. The first-order chi connectivity index (χ1) is 9.69. The molecule has 5 heteroatoms. The Labute approximate surface area is 118 Å². The van der Waals surface area contributed by atoms with Crippen LogP contribution in [-0.4, -0.2) is 16.5 Å². The molecule has 0 aliphatic rings. The van der Waals surface area contributed by atoms with Crippen LogP contribution < -0.4 is 10.6 Å². The van der Waals surface area contributed by atoms with Crippen molar-refractivity contribution in [2.24, 2.45) is 5.92 Å². The predicted octanol–water partition coefficient (Wildman–Crippen LogP) is 3.16. The molecule has 20 heavy (non-hydrogen) atoms. The third-order valence-electron chi connectivity index (χ3n) is 2.63. The molecule has 0 radical (unpaired) electrons. The molecule has 0 saturated heterocycles. The van der Waals surface area contributed by atoms with E-state index in [2.05, 4.69) is 40.5 Å². The zero-order chi connectivity index (χ0) is 14.4. The molecule has 1 heterocycles. The van der Waals surface area contributed by atoms with Crippen LogP contribution in [0.15, 0.2) is 36.5 Å². The van der Waals surface area contributed by atoms with Gasteiger partial charge in [-0.15, -0.1) is 0 Å². The van der Waals surface area contributed by atoms with E-state index in [1.54, 1.807) is 18.3 Å². The van der Waals surface area contributed by atoms with E-state index in [1.807, 2.05) is 18.2 Å². The van der Waals surface area contributed by atoms with Crippen molar-refractivity contribution in [1.29, 1.82) is 5.26 Å². The number of rotatable bonds is 5. The molecule has 1 aromatic carbocycles. The summed E-state index contributed by atoms with van der Waals surface area (Å²) >= 11 is 0. The fraction of sp³-hybridized carbons (Fsp3) is 0.267. The van der Waals surface area contributed by atoms with Gasteiger partial charge in [-0.25, -0.2) is 4.98 Å². The molecule has 0 unspecified atom stereocenters. The number of anilines is 3. The Balaban J connectivity index is 2.14. The zero-order valence-corrected chi connectivity index (χ0v) is 11.6. The van der Waals surface area contributed by atoms with Crippen LogP contribution in [0.25, 0.3) is 0 Å². The lowest BCUT2D eigenvalue weighted by Crippen LogP contribution is -2.11. The van der Waals surface area contributed by atoms with Crippen molar-refractivity contribution < 1.29 is 0 Å². The van der Waals surface area contributed by atoms with E-state index in [0.717, 1.165) is 12.2 Å². The molecule has 0 saturated carbocycles. The predicted molar refractivity (Wildman–Crippen MR) is 79.8 cm³/mol. The first-order valence-electron chi connectivity index (χ1n) is 6.52. The smallest absolute Gasteiger partial charge is 0.224 e. The van der Waals surface area contributed by atoms with Gasteiger partial charge in [-0.05, 0) is 24.1 Å². The second kappa shape index (κ2) is 6.53. The summed E-state index contributed by atoms with van der Waals surface area (Å²) in [5.41, 5.74) is 1.33. The number of aromatic nitrogens is 2. The maximum atomic E-state index is 9.06. The van der Waals surface area contributed by atoms with Gasteiger partial charge >= 0.3 is 0 Å². The van der Waals surface area contributed by atoms with Crippen LogP contribution in [0.5, 0.6) is 0 Å². The van der Waals surface area contributed by atoms with Crippen LogP contribution in [0, 0.1) is 17.2 Å². The molecule has 5 nitrogen and oxygen atoms in total. The van der Waals surface area contributed by atoms with Gasteiger partial charge in [-0.3, -0.25) is 0 Å². The third kappa shape index (κ3) is 3.69. The summed E-state index contributed by atoms with van der Waals surface area (Å²) in [6.45, 7) is 5.06. The van der Waals surface area contributed by atoms with Crippen molar-refractivity contribution in [1.82, 2.24) is 9.97 Å². The lowest BCUT2D eigenvalue weighted by molar-refractivity contribution is 0.684. The monoisotopic (exact) mass is 267 g/mol. The molecule has 0 atom stereocenters. The molecule has 0 amide bonds. The van der Waals surface area contributed by atoms with Crippen molar-refractivity contribution in [2.75, 3.05) is 17.2 Å². The summed E-state index contributed by atoms with van der Waals surface area (Å²) in [5, 5.41) is 15.4. The standard InChI is InChI=1S/C15H17N5/c1-11(2)10-18-15-17-8-7-14(20-15)19-13-6-4-3-5-12(13)9-16/h3-8,11H,10H2,1-2H3,(H2,17,18,19,20). The summed E-state index contributed by atoms with van der Waals surface area (Å²) < 4.78 is 0. The Bertz CT molecular complexity index is 616. The minimum atomic E-state index is 0.523. The minimum Gasteiger partial charge on any atom is -0.354 e. The van der Waals surface area contributed by atoms with Crippen molar-refractivity contribution >= 4 is 17.5 Å². The van der Waals surface area contributed by atoms with Crippen LogP contribution in [0.2, 0.25) is 0 Å². The van der Waals surface area contributed by atoms with E-state index in [4.69, 9.17) is 5.26 Å². The zero-order valence-electron chi connectivity index (χ0n) is 11.6. The fourth-order valence-electron chi connectivity index (χ4n) is 1.64. The van der Waals surface area contributed by atoms with Crippen LogP contribution in [-0.2, 0) is 0 Å². The van der Waals surface area contributed by atoms with E-state index >= 15 is 0 Å². The highest BCUT2D eigenvalue weighted by Crippen LogP contribution is 2.19. The van der Waals surface area contributed by atoms with Gasteiger partial charge in [0.15, 0.2) is 0 Å². The summed E-state index contributed by atoms with van der Waals surface area (Å²) in [5.74, 6) is 1.77. The van der Waals surface area contributed by atoms with E-state index in [1.165, 1.54) is 0 Å². The Morgan fingerprint density at radius 1 is 1.25 bits per heavy atom. The number of nitriles is 1.